The molecule has 4 aromatic rings. The molecule has 9 heteroatoms. The van der Waals surface area contributed by atoms with Crippen molar-refractivity contribution < 1.29 is 9.53 Å². The van der Waals surface area contributed by atoms with Gasteiger partial charge in [0.2, 0.25) is 0 Å². The Morgan fingerprint density at radius 3 is 2.60 bits per heavy atom. The van der Waals surface area contributed by atoms with Gasteiger partial charge in [-0.3, -0.25) is 14.8 Å². The molecule has 1 atom stereocenters. The smallest absolute Gasteiger partial charge is 0.278 e. The molecule has 0 unspecified atom stereocenters. The van der Waals surface area contributed by atoms with Crippen molar-refractivity contribution in [3.8, 4) is 21.5 Å². The number of amides is 1. The Kier molecular flexibility index (Phi) is 5.82. The minimum Gasteiger partial charge on any atom is -0.431 e. The molecular weight excluding hydrogens is 418 g/mol. The van der Waals surface area contributed by atoms with E-state index in [-0.39, 0.29) is 11.9 Å². The maximum Gasteiger partial charge on any atom is 0.278 e. The average molecular weight is 438 g/mol. The number of hydrogen-bond donors (Lipinski definition) is 1. The minimum absolute atomic E-state index is 0.232. The van der Waals surface area contributed by atoms with Gasteiger partial charge >= 0.3 is 0 Å². The van der Waals surface area contributed by atoms with Gasteiger partial charge in [-0.25, -0.2) is 9.97 Å². The zero-order valence-electron chi connectivity index (χ0n) is 16.6. The van der Waals surface area contributed by atoms with E-state index in [0.717, 1.165) is 21.1 Å². The van der Waals surface area contributed by atoms with Gasteiger partial charge < -0.3 is 10.1 Å². The van der Waals surface area contributed by atoms with E-state index in [0.29, 0.717) is 22.2 Å². The number of rotatable bonds is 6. The van der Waals surface area contributed by atoms with Gasteiger partial charge in [0.1, 0.15) is 10.8 Å². The third kappa shape index (κ3) is 4.69. The number of benzene rings is 1. The van der Waals surface area contributed by atoms with Crippen LogP contribution in [0.1, 0.15) is 39.6 Å². The lowest BCUT2D eigenvalue weighted by molar-refractivity contribution is 0.0939. The van der Waals surface area contributed by atoms with Gasteiger partial charge in [0, 0.05) is 40.0 Å². The molecule has 0 aliphatic carbocycles. The van der Waals surface area contributed by atoms with E-state index >= 15 is 0 Å². The Morgan fingerprint density at radius 1 is 1.07 bits per heavy atom. The van der Waals surface area contributed by atoms with Crippen LogP contribution in [0.4, 0.5) is 0 Å². The van der Waals surface area contributed by atoms with Crippen LogP contribution < -0.4 is 10.1 Å². The molecule has 4 rings (SSSR count). The summed E-state index contributed by atoms with van der Waals surface area (Å²) in [5, 5.41) is 6.14. The van der Waals surface area contributed by atoms with Crippen molar-refractivity contribution in [2.24, 2.45) is 0 Å². The van der Waals surface area contributed by atoms with E-state index in [2.05, 4.69) is 25.3 Å². The Morgan fingerprint density at radius 2 is 1.93 bits per heavy atom. The van der Waals surface area contributed by atoms with Crippen molar-refractivity contribution in [3.05, 3.63) is 70.2 Å². The maximum atomic E-state index is 13.0. The second kappa shape index (κ2) is 8.68. The largest absolute Gasteiger partial charge is 0.431 e. The molecule has 0 aliphatic rings. The van der Waals surface area contributed by atoms with E-state index in [1.807, 2.05) is 44.5 Å². The molecule has 0 bridgehead atoms. The van der Waals surface area contributed by atoms with Gasteiger partial charge in [0.05, 0.1) is 23.6 Å². The number of aryl methyl sites for hydroxylation is 2. The highest BCUT2D eigenvalue weighted by Gasteiger charge is 2.17. The molecule has 3 heterocycles. The summed E-state index contributed by atoms with van der Waals surface area (Å²) in [4.78, 5) is 31.3. The monoisotopic (exact) mass is 437 g/mol. The fraction of sp³-hybridized carbons (Fsp3) is 0.190. The zero-order valence-corrected chi connectivity index (χ0v) is 18.3. The second-order valence-corrected chi connectivity index (χ2v) is 8.79. The van der Waals surface area contributed by atoms with Gasteiger partial charge in [0.25, 0.3) is 11.1 Å². The summed E-state index contributed by atoms with van der Waals surface area (Å²) in [6.07, 6.45) is 6.84. The lowest BCUT2D eigenvalue weighted by Crippen LogP contribution is -2.27. The first-order valence-corrected chi connectivity index (χ1v) is 10.9. The van der Waals surface area contributed by atoms with Crippen molar-refractivity contribution in [2.45, 2.75) is 26.8 Å². The summed E-state index contributed by atoms with van der Waals surface area (Å²) in [5.41, 5.74) is 2.81. The van der Waals surface area contributed by atoms with Crippen molar-refractivity contribution in [1.29, 1.82) is 0 Å². The van der Waals surface area contributed by atoms with Crippen molar-refractivity contribution >= 4 is 28.6 Å². The molecule has 30 heavy (non-hydrogen) atoms. The minimum atomic E-state index is -0.292. The summed E-state index contributed by atoms with van der Waals surface area (Å²) in [6, 6.07) is 5.09. The van der Waals surface area contributed by atoms with Crippen molar-refractivity contribution in [3.63, 3.8) is 0 Å². The lowest BCUT2D eigenvalue weighted by Gasteiger charge is -2.14. The number of thiazole rings is 2. The van der Waals surface area contributed by atoms with Crippen LogP contribution in [0, 0.1) is 13.8 Å². The van der Waals surface area contributed by atoms with Crippen LogP contribution >= 0.6 is 22.7 Å². The number of ether oxygens (including phenoxy) is 1. The fourth-order valence-corrected chi connectivity index (χ4v) is 4.00. The van der Waals surface area contributed by atoms with Crippen LogP contribution in [0.5, 0.6) is 10.9 Å². The Hall–Kier alpha value is -3.17. The predicted octanol–water partition coefficient (Wildman–Crippen LogP) is 4.96. The Bertz CT molecular complexity index is 1160. The van der Waals surface area contributed by atoms with E-state index < -0.39 is 0 Å². The average Bonchev–Trinajstić information content (AvgIpc) is 3.40. The predicted molar refractivity (Wildman–Crippen MR) is 117 cm³/mol. The molecule has 1 aromatic carbocycles. The molecule has 3 aromatic heterocycles. The molecular formula is C21H19N5O2S2. The van der Waals surface area contributed by atoms with Crippen LogP contribution in [0.25, 0.3) is 10.6 Å². The first-order valence-electron chi connectivity index (χ1n) is 9.22. The van der Waals surface area contributed by atoms with Crippen LogP contribution in [-0.2, 0) is 0 Å². The topological polar surface area (TPSA) is 89.9 Å². The zero-order chi connectivity index (χ0) is 21.1. The number of nitrogens with zero attached hydrogens (tertiary/aromatic N) is 4. The number of carbonyl (C=O) groups excluding carboxylic acids is 1. The molecule has 0 aliphatic heterocycles. The molecule has 0 fully saturated rings. The number of aromatic nitrogens is 4. The van der Waals surface area contributed by atoms with E-state index in [1.54, 1.807) is 36.0 Å². The third-order valence-electron chi connectivity index (χ3n) is 4.24. The molecule has 0 saturated heterocycles. The normalized spacial score (nSPS) is 11.8. The molecule has 0 spiro atoms. The highest BCUT2D eigenvalue weighted by molar-refractivity contribution is 7.15. The van der Waals surface area contributed by atoms with Gasteiger partial charge in [-0.15, -0.1) is 11.3 Å². The van der Waals surface area contributed by atoms with E-state index in [4.69, 9.17) is 4.74 Å². The number of nitrogens with one attached hydrogen (secondary N) is 1. The summed E-state index contributed by atoms with van der Waals surface area (Å²) >= 11 is 2.95. The van der Waals surface area contributed by atoms with Gasteiger partial charge in [-0.05, 0) is 39.0 Å². The standard InChI is InChI=1S/C21H19N5O2S2/c1-12-9-24-18(11-23-12)14(3)26-19(27)15-6-16(20-25-10-13(2)30-20)8-17(7-15)28-21-22-4-5-29-21/h4-11,14H,1-3H3,(H,26,27)/t14-/m1/s1. The van der Waals surface area contributed by atoms with E-state index in [1.165, 1.54) is 11.3 Å². The lowest BCUT2D eigenvalue weighted by atomic mass is 10.1. The number of hydrogen-bond acceptors (Lipinski definition) is 8. The summed E-state index contributed by atoms with van der Waals surface area (Å²) in [5.74, 6) is 0.298. The maximum absolute atomic E-state index is 13.0. The summed E-state index contributed by atoms with van der Waals surface area (Å²) < 4.78 is 5.86. The third-order valence-corrected chi connectivity index (χ3v) is 5.85. The van der Waals surface area contributed by atoms with Crippen molar-refractivity contribution in [2.75, 3.05) is 0 Å². The fourth-order valence-electron chi connectivity index (χ4n) is 2.74. The molecule has 1 amide bonds. The summed E-state index contributed by atoms with van der Waals surface area (Å²) in [6.45, 7) is 5.74. The molecule has 152 valence electrons. The SMILES string of the molecule is Cc1cnc([C@@H](C)NC(=O)c2cc(Oc3nccs3)cc(-c3ncc(C)s3)c2)cn1. The van der Waals surface area contributed by atoms with Gasteiger partial charge in [-0.1, -0.05) is 11.3 Å². The van der Waals surface area contributed by atoms with Crippen LogP contribution in [0.15, 0.2) is 48.4 Å². The second-order valence-electron chi connectivity index (χ2n) is 6.70. The van der Waals surface area contributed by atoms with Crippen molar-refractivity contribution in [1.82, 2.24) is 25.3 Å². The Balaban J connectivity index is 1.63. The highest BCUT2D eigenvalue weighted by Crippen LogP contribution is 2.32. The van der Waals surface area contributed by atoms with E-state index in [9.17, 15) is 4.79 Å². The quantitative estimate of drug-likeness (QED) is 0.459. The summed E-state index contributed by atoms with van der Waals surface area (Å²) in [7, 11) is 0. The van der Waals surface area contributed by atoms with Crippen LogP contribution in [0.3, 0.4) is 0 Å². The van der Waals surface area contributed by atoms with Crippen LogP contribution in [-0.4, -0.2) is 25.8 Å². The van der Waals surface area contributed by atoms with Gasteiger partial charge in [0.15, 0.2) is 0 Å². The number of carbonyl (C=O) groups is 1. The first-order chi connectivity index (χ1) is 14.5. The molecule has 0 saturated carbocycles. The highest BCUT2D eigenvalue weighted by atomic mass is 32.1. The first kappa shape index (κ1) is 20.1. The molecule has 7 nitrogen and oxygen atoms in total. The van der Waals surface area contributed by atoms with Crippen LogP contribution in [0.2, 0.25) is 0 Å². The molecule has 0 radical (unpaired) electrons. The molecule has 1 N–H and O–H groups in total. The Labute approximate surface area is 181 Å². The van der Waals surface area contributed by atoms with Gasteiger partial charge in [-0.2, -0.15) is 0 Å².